The molecule has 112 valence electrons. The summed E-state index contributed by atoms with van der Waals surface area (Å²) in [5, 5.41) is 3.36. The van der Waals surface area contributed by atoms with Gasteiger partial charge in [-0.05, 0) is 41.2 Å². The number of anilines is 1. The van der Waals surface area contributed by atoms with E-state index in [2.05, 4.69) is 55.3 Å². The first kappa shape index (κ1) is 15.4. The molecule has 2 rings (SSSR count). The van der Waals surface area contributed by atoms with Gasteiger partial charge in [-0.15, -0.1) is 0 Å². The van der Waals surface area contributed by atoms with Crippen molar-refractivity contribution in [2.75, 3.05) is 19.0 Å². The molecule has 2 aromatic rings. The molecule has 21 heavy (non-hydrogen) atoms. The van der Waals surface area contributed by atoms with Crippen LogP contribution in [-0.4, -0.2) is 18.6 Å². The van der Waals surface area contributed by atoms with Gasteiger partial charge in [-0.25, -0.2) is 4.98 Å². The van der Waals surface area contributed by atoms with Crippen LogP contribution in [0.4, 0.5) is 5.82 Å². The van der Waals surface area contributed by atoms with Crippen LogP contribution in [-0.2, 0) is 11.8 Å². The monoisotopic (exact) mass is 284 g/mol. The topological polar surface area (TPSA) is 34.1 Å². The van der Waals surface area contributed by atoms with E-state index in [1.54, 1.807) is 7.11 Å². The van der Waals surface area contributed by atoms with E-state index in [-0.39, 0.29) is 5.41 Å². The molecule has 0 bridgehead atoms. The Morgan fingerprint density at radius 1 is 1.05 bits per heavy atom. The lowest BCUT2D eigenvalue weighted by atomic mass is 9.88. The molecule has 0 atom stereocenters. The van der Waals surface area contributed by atoms with Gasteiger partial charge < -0.3 is 10.1 Å². The largest absolute Gasteiger partial charge is 0.497 e. The second kappa shape index (κ2) is 6.61. The second-order valence-electron chi connectivity index (χ2n) is 6.21. The first-order valence-electron chi connectivity index (χ1n) is 7.32. The summed E-state index contributed by atoms with van der Waals surface area (Å²) >= 11 is 0. The minimum atomic E-state index is 0.147. The number of pyridine rings is 1. The number of rotatable bonds is 5. The van der Waals surface area contributed by atoms with E-state index in [9.17, 15) is 0 Å². The van der Waals surface area contributed by atoms with Crippen molar-refractivity contribution in [2.45, 2.75) is 32.6 Å². The maximum atomic E-state index is 5.16. The zero-order valence-corrected chi connectivity index (χ0v) is 13.3. The fourth-order valence-electron chi connectivity index (χ4n) is 2.07. The minimum absolute atomic E-state index is 0.147. The predicted molar refractivity (Wildman–Crippen MR) is 88.1 cm³/mol. The Kier molecular flexibility index (Phi) is 4.84. The average Bonchev–Trinajstić information content (AvgIpc) is 2.47. The average molecular weight is 284 g/mol. The lowest BCUT2D eigenvalue weighted by molar-refractivity contribution is 0.414. The summed E-state index contributed by atoms with van der Waals surface area (Å²) in [6.45, 7) is 7.45. The SMILES string of the molecule is COc1ccc(CCNc2ccc(C(C)(C)C)cn2)cc1. The Bertz CT molecular complexity index is 553. The van der Waals surface area contributed by atoms with Crippen LogP contribution in [0, 0.1) is 0 Å². The number of nitrogens with one attached hydrogen (secondary N) is 1. The molecule has 0 aliphatic rings. The second-order valence-corrected chi connectivity index (χ2v) is 6.21. The quantitative estimate of drug-likeness (QED) is 0.899. The van der Waals surface area contributed by atoms with Crippen molar-refractivity contribution in [3.8, 4) is 5.75 Å². The normalized spacial score (nSPS) is 11.2. The highest BCUT2D eigenvalue weighted by Gasteiger charge is 2.13. The van der Waals surface area contributed by atoms with Crippen molar-refractivity contribution < 1.29 is 4.74 Å². The smallest absolute Gasteiger partial charge is 0.125 e. The number of ether oxygens (including phenoxy) is 1. The van der Waals surface area contributed by atoms with Crippen molar-refractivity contribution in [3.63, 3.8) is 0 Å². The number of nitrogens with zero attached hydrogens (tertiary/aromatic N) is 1. The molecule has 0 saturated heterocycles. The van der Waals surface area contributed by atoms with E-state index < -0.39 is 0 Å². The van der Waals surface area contributed by atoms with Gasteiger partial charge in [-0.2, -0.15) is 0 Å². The third kappa shape index (κ3) is 4.48. The Morgan fingerprint density at radius 3 is 2.29 bits per heavy atom. The summed E-state index contributed by atoms with van der Waals surface area (Å²) in [6.07, 6.45) is 2.92. The van der Waals surface area contributed by atoms with Crippen molar-refractivity contribution in [2.24, 2.45) is 0 Å². The van der Waals surface area contributed by atoms with Gasteiger partial charge in [-0.3, -0.25) is 0 Å². The summed E-state index contributed by atoms with van der Waals surface area (Å²) in [7, 11) is 1.68. The van der Waals surface area contributed by atoms with Crippen molar-refractivity contribution in [3.05, 3.63) is 53.7 Å². The Labute approximate surface area is 127 Å². The van der Waals surface area contributed by atoms with Crippen LogP contribution < -0.4 is 10.1 Å². The maximum absolute atomic E-state index is 5.16. The molecule has 0 amide bonds. The molecule has 3 nitrogen and oxygen atoms in total. The van der Waals surface area contributed by atoms with Crippen LogP contribution in [0.5, 0.6) is 5.75 Å². The number of hydrogen-bond acceptors (Lipinski definition) is 3. The molecule has 0 radical (unpaired) electrons. The van der Waals surface area contributed by atoms with E-state index in [1.165, 1.54) is 11.1 Å². The van der Waals surface area contributed by atoms with Gasteiger partial charge in [0, 0.05) is 12.7 Å². The highest BCUT2D eigenvalue weighted by Crippen LogP contribution is 2.21. The highest BCUT2D eigenvalue weighted by atomic mass is 16.5. The van der Waals surface area contributed by atoms with Crippen LogP contribution >= 0.6 is 0 Å². The summed E-state index contributed by atoms with van der Waals surface area (Å²) in [4.78, 5) is 4.47. The van der Waals surface area contributed by atoms with E-state index in [0.29, 0.717) is 0 Å². The van der Waals surface area contributed by atoms with Crippen LogP contribution in [0.2, 0.25) is 0 Å². The molecule has 1 aromatic heterocycles. The zero-order valence-electron chi connectivity index (χ0n) is 13.3. The van der Waals surface area contributed by atoms with Gasteiger partial charge in [0.2, 0.25) is 0 Å². The lowest BCUT2D eigenvalue weighted by Gasteiger charge is -2.18. The standard InChI is InChI=1S/C18H24N2O/c1-18(2,3)15-7-10-17(20-13-15)19-12-11-14-5-8-16(21-4)9-6-14/h5-10,13H,11-12H2,1-4H3,(H,19,20). The zero-order chi connectivity index (χ0) is 15.3. The van der Waals surface area contributed by atoms with Crippen LogP contribution in [0.25, 0.3) is 0 Å². The fourth-order valence-corrected chi connectivity index (χ4v) is 2.07. The molecular weight excluding hydrogens is 260 g/mol. The molecule has 0 aliphatic heterocycles. The van der Waals surface area contributed by atoms with Gasteiger partial charge in [0.15, 0.2) is 0 Å². The molecule has 1 aromatic carbocycles. The van der Waals surface area contributed by atoms with E-state index >= 15 is 0 Å². The molecule has 0 aliphatic carbocycles. The van der Waals surface area contributed by atoms with Gasteiger partial charge in [0.25, 0.3) is 0 Å². The molecule has 0 saturated carbocycles. The molecule has 1 N–H and O–H groups in total. The van der Waals surface area contributed by atoms with Gasteiger partial charge >= 0.3 is 0 Å². The number of aromatic nitrogens is 1. The molecular formula is C18H24N2O. The van der Waals surface area contributed by atoms with Gasteiger partial charge in [0.1, 0.15) is 11.6 Å². The summed E-state index contributed by atoms with van der Waals surface area (Å²) in [6, 6.07) is 12.4. The predicted octanol–water partition coefficient (Wildman–Crippen LogP) is 4.04. The number of methoxy groups -OCH3 is 1. The van der Waals surface area contributed by atoms with Crippen LogP contribution in [0.1, 0.15) is 31.9 Å². The van der Waals surface area contributed by atoms with Gasteiger partial charge in [0.05, 0.1) is 7.11 Å². The molecule has 1 heterocycles. The molecule has 3 heteroatoms. The van der Waals surface area contributed by atoms with Crippen molar-refractivity contribution >= 4 is 5.82 Å². The Balaban J connectivity index is 1.85. The summed E-state index contributed by atoms with van der Waals surface area (Å²) in [5.74, 6) is 1.82. The van der Waals surface area contributed by atoms with E-state index in [1.807, 2.05) is 18.3 Å². The highest BCUT2D eigenvalue weighted by molar-refractivity contribution is 5.37. The van der Waals surface area contributed by atoms with E-state index in [0.717, 1.165) is 24.5 Å². The van der Waals surface area contributed by atoms with Gasteiger partial charge in [-0.1, -0.05) is 39.0 Å². The molecule has 0 spiro atoms. The first-order valence-corrected chi connectivity index (χ1v) is 7.32. The summed E-state index contributed by atoms with van der Waals surface area (Å²) < 4.78 is 5.16. The number of hydrogen-bond donors (Lipinski definition) is 1. The van der Waals surface area contributed by atoms with Crippen molar-refractivity contribution in [1.29, 1.82) is 0 Å². The van der Waals surface area contributed by atoms with Crippen LogP contribution in [0.3, 0.4) is 0 Å². The first-order chi connectivity index (χ1) is 9.99. The number of benzene rings is 1. The third-order valence-electron chi connectivity index (χ3n) is 3.51. The molecule has 0 unspecified atom stereocenters. The maximum Gasteiger partial charge on any atom is 0.125 e. The van der Waals surface area contributed by atoms with Crippen LogP contribution in [0.15, 0.2) is 42.6 Å². The third-order valence-corrected chi connectivity index (χ3v) is 3.51. The Hall–Kier alpha value is -2.03. The van der Waals surface area contributed by atoms with Crippen molar-refractivity contribution in [1.82, 2.24) is 4.98 Å². The lowest BCUT2D eigenvalue weighted by Crippen LogP contribution is -2.12. The summed E-state index contributed by atoms with van der Waals surface area (Å²) in [5.41, 5.74) is 2.69. The fraction of sp³-hybridized carbons (Fsp3) is 0.389. The minimum Gasteiger partial charge on any atom is -0.497 e. The molecule has 0 fully saturated rings. The Morgan fingerprint density at radius 2 is 1.76 bits per heavy atom. The van der Waals surface area contributed by atoms with E-state index in [4.69, 9.17) is 4.74 Å².